The summed E-state index contributed by atoms with van der Waals surface area (Å²) in [5.41, 5.74) is 1.84. The second-order valence-corrected chi connectivity index (χ2v) is 8.91. The monoisotopic (exact) mass is 397 g/mol. The molecular weight excluding hydrogens is 374 g/mol. The first-order valence-corrected chi connectivity index (χ1v) is 10.7. The van der Waals surface area contributed by atoms with Crippen LogP contribution in [0.1, 0.15) is 11.1 Å². The van der Waals surface area contributed by atoms with Crippen molar-refractivity contribution < 1.29 is 8.42 Å². The molecule has 28 heavy (non-hydrogen) atoms. The van der Waals surface area contributed by atoms with E-state index in [4.69, 9.17) is 0 Å². The Kier molecular flexibility index (Phi) is 4.91. The van der Waals surface area contributed by atoms with E-state index >= 15 is 0 Å². The second-order valence-electron chi connectivity index (χ2n) is 7.00. The smallest absolute Gasteiger partial charge is 0.243 e. The standard InChI is InChI=1S/C20H23N5O2S/c1-16-5-6-18(17(2)15-16)28(26,27)25-13-11-24(12-14-25)20-8-7-19(21-22-20)23-9-3-4-10-23/h3-10,15H,11-14H2,1-2H3. The van der Waals surface area contributed by atoms with Gasteiger partial charge in [-0.1, -0.05) is 17.7 Å². The lowest BCUT2D eigenvalue weighted by atomic mass is 10.2. The molecule has 0 atom stereocenters. The SMILES string of the molecule is Cc1ccc(S(=O)(=O)N2CCN(c3ccc(-n4cccc4)nn3)CC2)c(C)c1. The summed E-state index contributed by atoms with van der Waals surface area (Å²) in [4.78, 5) is 2.46. The first-order valence-electron chi connectivity index (χ1n) is 9.24. The molecule has 3 aromatic rings. The molecule has 0 N–H and O–H groups in total. The van der Waals surface area contributed by atoms with E-state index in [0.717, 1.165) is 22.8 Å². The minimum atomic E-state index is -3.48. The van der Waals surface area contributed by atoms with E-state index in [1.807, 2.05) is 67.2 Å². The Morgan fingerprint density at radius 1 is 0.857 bits per heavy atom. The first-order chi connectivity index (χ1) is 13.4. The number of hydrogen-bond donors (Lipinski definition) is 0. The highest BCUT2D eigenvalue weighted by atomic mass is 32.2. The molecule has 0 amide bonds. The van der Waals surface area contributed by atoms with Crippen molar-refractivity contribution in [2.24, 2.45) is 0 Å². The third kappa shape index (κ3) is 3.53. The van der Waals surface area contributed by atoms with Gasteiger partial charge in [0.25, 0.3) is 0 Å². The Morgan fingerprint density at radius 2 is 1.50 bits per heavy atom. The van der Waals surface area contributed by atoms with Crippen LogP contribution in [0.5, 0.6) is 0 Å². The largest absolute Gasteiger partial charge is 0.352 e. The van der Waals surface area contributed by atoms with Gasteiger partial charge in [-0.2, -0.15) is 4.31 Å². The number of nitrogens with zero attached hydrogens (tertiary/aromatic N) is 5. The van der Waals surface area contributed by atoms with Crippen molar-refractivity contribution >= 4 is 15.8 Å². The molecular formula is C20H23N5O2S. The van der Waals surface area contributed by atoms with Crippen LogP contribution in [0.4, 0.5) is 5.82 Å². The summed E-state index contributed by atoms with van der Waals surface area (Å²) in [6.45, 7) is 5.83. The number of rotatable bonds is 4. The van der Waals surface area contributed by atoms with Crippen LogP contribution in [0.3, 0.4) is 0 Å². The summed E-state index contributed by atoms with van der Waals surface area (Å²) < 4.78 is 29.5. The number of aromatic nitrogens is 3. The fourth-order valence-electron chi connectivity index (χ4n) is 3.50. The molecule has 1 fully saturated rings. The van der Waals surface area contributed by atoms with Crippen LogP contribution in [0.15, 0.2) is 59.8 Å². The highest BCUT2D eigenvalue weighted by Gasteiger charge is 2.30. The number of benzene rings is 1. The minimum Gasteiger partial charge on any atom is -0.352 e. The fourth-order valence-corrected chi connectivity index (χ4v) is 5.13. The van der Waals surface area contributed by atoms with Crippen LogP contribution in [-0.4, -0.2) is 53.7 Å². The van der Waals surface area contributed by atoms with Crippen molar-refractivity contribution in [3.8, 4) is 5.82 Å². The molecule has 0 unspecified atom stereocenters. The predicted octanol–water partition coefficient (Wildman–Crippen LogP) is 2.40. The molecule has 146 valence electrons. The van der Waals surface area contributed by atoms with Crippen LogP contribution in [0, 0.1) is 13.8 Å². The van der Waals surface area contributed by atoms with Gasteiger partial charge >= 0.3 is 0 Å². The van der Waals surface area contributed by atoms with Crippen molar-refractivity contribution in [2.75, 3.05) is 31.1 Å². The predicted molar refractivity (Wildman–Crippen MR) is 108 cm³/mol. The van der Waals surface area contributed by atoms with E-state index in [9.17, 15) is 8.42 Å². The Labute approximate surface area is 165 Å². The zero-order valence-corrected chi connectivity index (χ0v) is 16.8. The zero-order valence-electron chi connectivity index (χ0n) is 16.0. The lowest BCUT2D eigenvalue weighted by Gasteiger charge is -2.34. The number of piperazine rings is 1. The van der Waals surface area contributed by atoms with Gasteiger partial charge < -0.3 is 9.47 Å². The third-order valence-electron chi connectivity index (χ3n) is 5.02. The van der Waals surface area contributed by atoms with Crippen molar-refractivity contribution in [1.29, 1.82) is 0 Å². The fraction of sp³-hybridized carbons (Fsp3) is 0.300. The molecule has 0 bridgehead atoms. The molecule has 1 saturated heterocycles. The Balaban J connectivity index is 1.45. The van der Waals surface area contributed by atoms with E-state index in [0.29, 0.717) is 31.1 Å². The molecule has 1 aromatic carbocycles. The molecule has 8 heteroatoms. The summed E-state index contributed by atoms with van der Waals surface area (Å²) in [6, 6.07) is 13.2. The lowest BCUT2D eigenvalue weighted by molar-refractivity contribution is 0.383. The highest BCUT2D eigenvalue weighted by molar-refractivity contribution is 7.89. The maximum atomic E-state index is 13.0. The van der Waals surface area contributed by atoms with Gasteiger partial charge in [0.15, 0.2) is 11.6 Å². The average molecular weight is 398 g/mol. The highest BCUT2D eigenvalue weighted by Crippen LogP contribution is 2.23. The summed E-state index contributed by atoms with van der Waals surface area (Å²) >= 11 is 0. The molecule has 4 rings (SSSR count). The van der Waals surface area contributed by atoms with Gasteiger partial charge in [-0.3, -0.25) is 0 Å². The topological polar surface area (TPSA) is 71.3 Å². The molecule has 3 heterocycles. The van der Waals surface area contributed by atoms with Gasteiger partial charge in [-0.05, 0) is 49.7 Å². The van der Waals surface area contributed by atoms with E-state index < -0.39 is 10.0 Å². The maximum Gasteiger partial charge on any atom is 0.243 e. The van der Waals surface area contributed by atoms with Gasteiger partial charge in [0.1, 0.15) is 0 Å². The first kappa shape index (κ1) is 18.6. The van der Waals surface area contributed by atoms with E-state index in [2.05, 4.69) is 15.1 Å². The molecule has 2 aromatic heterocycles. The normalized spacial score (nSPS) is 15.7. The number of sulfonamides is 1. The van der Waals surface area contributed by atoms with Crippen LogP contribution >= 0.6 is 0 Å². The quantitative estimate of drug-likeness (QED) is 0.676. The van der Waals surface area contributed by atoms with Crippen molar-refractivity contribution in [2.45, 2.75) is 18.7 Å². The number of anilines is 1. The number of hydrogen-bond acceptors (Lipinski definition) is 5. The lowest BCUT2D eigenvalue weighted by Crippen LogP contribution is -2.49. The van der Waals surface area contributed by atoms with Gasteiger partial charge in [-0.15, -0.1) is 10.2 Å². The molecule has 0 aliphatic carbocycles. The maximum absolute atomic E-state index is 13.0. The molecule has 1 aliphatic heterocycles. The third-order valence-corrected chi connectivity index (χ3v) is 7.08. The summed E-state index contributed by atoms with van der Waals surface area (Å²) in [6.07, 6.45) is 3.83. The van der Waals surface area contributed by atoms with Crippen LogP contribution < -0.4 is 4.90 Å². The number of aryl methyl sites for hydroxylation is 2. The molecule has 0 spiro atoms. The van der Waals surface area contributed by atoms with Gasteiger partial charge in [0.2, 0.25) is 10.0 Å². The summed E-state index contributed by atoms with van der Waals surface area (Å²) in [5.74, 6) is 1.52. The molecule has 0 radical (unpaired) electrons. The minimum absolute atomic E-state index is 0.391. The van der Waals surface area contributed by atoms with Gasteiger partial charge in [-0.25, -0.2) is 8.42 Å². The van der Waals surface area contributed by atoms with Crippen LogP contribution in [0.25, 0.3) is 5.82 Å². The Hall–Kier alpha value is -2.71. The summed E-state index contributed by atoms with van der Waals surface area (Å²) in [7, 11) is -3.48. The summed E-state index contributed by atoms with van der Waals surface area (Å²) in [5, 5.41) is 8.59. The van der Waals surface area contributed by atoms with Gasteiger partial charge in [0, 0.05) is 38.6 Å². The van der Waals surface area contributed by atoms with Crippen molar-refractivity contribution in [1.82, 2.24) is 19.1 Å². The van der Waals surface area contributed by atoms with E-state index in [1.54, 1.807) is 10.4 Å². The molecule has 0 saturated carbocycles. The van der Waals surface area contributed by atoms with Crippen LogP contribution in [-0.2, 0) is 10.0 Å². The zero-order chi connectivity index (χ0) is 19.7. The van der Waals surface area contributed by atoms with Crippen LogP contribution in [0.2, 0.25) is 0 Å². The van der Waals surface area contributed by atoms with Crippen molar-refractivity contribution in [3.05, 3.63) is 66.0 Å². The van der Waals surface area contributed by atoms with E-state index in [-0.39, 0.29) is 0 Å². The van der Waals surface area contributed by atoms with Gasteiger partial charge in [0.05, 0.1) is 4.90 Å². The van der Waals surface area contributed by atoms with Crippen molar-refractivity contribution in [3.63, 3.8) is 0 Å². The molecule has 7 nitrogen and oxygen atoms in total. The Morgan fingerprint density at radius 3 is 2.11 bits per heavy atom. The second kappa shape index (κ2) is 7.37. The average Bonchev–Trinajstić information content (AvgIpc) is 3.23. The Bertz CT molecular complexity index is 1050. The van der Waals surface area contributed by atoms with E-state index in [1.165, 1.54) is 0 Å². The molecule has 1 aliphatic rings.